The Morgan fingerprint density at radius 1 is 0.931 bits per heavy atom. The Balaban J connectivity index is 1.87. The lowest BCUT2D eigenvalue weighted by molar-refractivity contribution is 0.0697. The highest BCUT2D eigenvalue weighted by Gasteiger charge is 2.41. The van der Waals surface area contributed by atoms with Gasteiger partial charge < -0.3 is 5.11 Å². The molecule has 1 aliphatic rings. The second kappa shape index (κ2) is 6.99. The first-order valence-corrected chi connectivity index (χ1v) is 10.7. The summed E-state index contributed by atoms with van der Waals surface area (Å²) in [6, 6.07) is 17.1. The average Bonchev–Trinajstić information content (AvgIpc) is 3.15. The van der Waals surface area contributed by atoms with Crippen molar-refractivity contribution < 1.29 is 9.90 Å². The molecule has 2 aromatic carbocycles. The van der Waals surface area contributed by atoms with Gasteiger partial charge in [-0.2, -0.15) is 0 Å². The number of carbonyl (C=O) groups is 1. The van der Waals surface area contributed by atoms with Gasteiger partial charge in [-0.1, -0.05) is 45.9 Å². The molecule has 0 spiro atoms. The smallest absolute Gasteiger partial charge is 0.335 e. The van der Waals surface area contributed by atoms with Crippen LogP contribution in [0.25, 0.3) is 0 Å². The average molecular weight is 407 g/mol. The Bertz CT molecular complexity index is 1000. The van der Waals surface area contributed by atoms with E-state index in [1.54, 1.807) is 23.5 Å². The summed E-state index contributed by atoms with van der Waals surface area (Å²) < 4.78 is 0. The first kappa shape index (κ1) is 19.6. The summed E-state index contributed by atoms with van der Waals surface area (Å²) in [5.41, 5.74) is 3.55. The molecular formula is C24H26N2O2S. The maximum absolute atomic E-state index is 11.3. The minimum Gasteiger partial charge on any atom is -0.478 e. The molecule has 3 aromatic rings. The van der Waals surface area contributed by atoms with Gasteiger partial charge in [0.15, 0.2) is 5.13 Å². The zero-order valence-electron chi connectivity index (χ0n) is 17.3. The molecule has 0 bridgehead atoms. The molecule has 1 aliphatic carbocycles. The molecule has 4 nitrogen and oxygen atoms in total. The first-order valence-electron chi connectivity index (χ1n) is 9.89. The van der Waals surface area contributed by atoms with E-state index in [1.165, 1.54) is 10.6 Å². The largest absolute Gasteiger partial charge is 0.478 e. The van der Waals surface area contributed by atoms with E-state index >= 15 is 0 Å². The van der Waals surface area contributed by atoms with Crippen LogP contribution < -0.4 is 4.90 Å². The molecule has 0 fully saturated rings. The van der Waals surface area contributed by atoms with Crippen LogP contribution in [0.5, 0.6) is 0 Å². The van der Waals surface area contributed by atoms with Gasteiger partial charge in [0.25, 0.3) is 0 Å². The second-order valence-corrected chi connectivity index (χ2v) is 9.94. The third-order valence-corrected chi connectivity index (χ3v) is 7.23. The van der Waals surface area contributed by atoms with Crippen molar-refractivity contribution in [1.82, 2.24) is 4.98 Å². The zero-order chi connectivity index (χ0) is 20.8. The predicted octanol–water partition coefficient (Wildman–Crippen LogP) is 6.66. The molecule has 1 heterocycles. The molecule has 29 heavy (non-hydrogen) atoms. The van der Waals surface area contributed by atoms with Crippen molar-refractivity contribution in [2.24, 2.45) is 0 Å². The minimum absolute atomic E-state index is 0.0507. The fraction of sp³-hybridized carbons (Fsp3) is 0.333. The maximum Gasteiger partial charge on any atom is 0.335 e. The molecule has 150 valence electrons. The second-order valence-electron chi connectivity index (χ2n) is 8.96. The van der Waals surface area contributed by atoms with Crippen LogP contribution in [0.3, 0.4) is 0 Å². The lowest BCUT2D eigenvalue weighted by Crippen LogP contribution is -2.32. The highest BCUT2D eigenvalue weighted by atomic mass is 32.1. The third kappa shape index (κ3) is 3.55. The van der Waals surface area contributed by atoms with Gasteiger partial charge in [0, 0.05) is 27.1 Å². The Morgan fingerprint density at radius 3 is 2.10 bits per heavy atom. The number of aromatic nitrogens is 1. The van der Waals surface area contributed by atoms with Gasteiger partial charge in [-0.3, -0.25) is 4.90 Å². The number of rotatable bonds is 4. The zero-order valence-corrected chi connectivity index (χ0v) is 18.1. The van der Waals surface area contributed by atoms with E-state index in [0.717, 1.165) is 29.3 Å². The number of aromatic carboxylic acids is 1. The third-order valence-electron chi connectivity index (χ3n) is 5.82. The molecule has 0 saturated heterocycles. The number of fused-ring (bicyclic) bond motifs is 1. The van der Waals surface area contributed by atoms with Crippen molar-refractivity contribution in [1.29, 1.82) is 0 Å². The lowest BCUT2D eigenvalue weighted by Gasteiger charge is -2.37. The number of carboxylic acids is 1. The van der Waals surface area contributed by atoms with E-state index in [-0.39, 0.29) is 16.4 Å². The summed E-state index contributed by atoms with van der Waals surface area (Å²) in [6.45, 7) is 9.16. The number of hydrogen-bond donors (Lipinski definition) is 1. The molecule has 1 N–H and O–H groups in total. The Kier molecular flexibility index (Phi) is 4.74. The van der Waals surface area contributed by atoms with E-state index in [0.29, 0.717) is 0 Å². The van der Waals surface area contributed by atoms with Gasteiger partial charge in [0.1, 0.15) is 0 Å². The Morgan fingerprint density at radius 2 is 1.52 bits per heavy atom. The van der Waals surface area contributed by atoms with E-state index in [2.05, 4.69) is 44.7 Å². The molecule has 4 rings (SSSR count). The topological polar surface area (TPSA) is 53.4 Å². The molecule has 0 radical (unpaired) electrons. The monoisotopic (exact) mass is 406 g/mol. The van der Waals surface area contributed by atoms with Crippen LogP contribution in [-0.2, 0) is 10.8 Å². The lowest BCUT2D eigenvalue weighted by atomic mass is 9.69. The number of para-hydroxylation sites is 1. The van der Waals surface area contributed by atoms with Gasteiger partial charge in [0.2, 0.25) is 0 Å². The fourth-order valence-electron chi connectivity index (χ4n) is 3.88. The minimum atomic E-state index is -0.920. The Labute approximate surface area is 175 Å². The van der Waals surface area contributed by atoms with Crippen molar-refractivity contribution in [3.05, 3.63) is 70.7 Å². The fourth-order valence-corrected chi connectivity index (χ4v) is 5.30. The summed E-state index contributed by atoms with van der Waals surface area (Å²) in [7, 11) is 0. The standard InChI is InChI=1S/C24H26N2O2S/c1-23(2)14-15-24(3,4)20-19(23)25-22(29-20)26(17-8-6-5-7-9-17)18-12-10-16(11-13-18)21(27)28/h5-13H,14-15H2,1-4H3,(H,27,28). The summed E-state index contributed by atoms with van der Waals surface area (Å²) in [5.74, 6) is -0.920. The summed E-state index contributed by atoms with van der Waals surface area (Å²) in [5, 5.41) is 10.2. The van der Waals surface area contributed by atoms with Crippen molar-refractivity contribution in [2.45, 2.75) is 51.4 Å². The van der Waals surface area contributed by atoms with Crippen LogP contribution in [0.4, 0.5) is 16.5 Å². The highest BCUT2D eigenvalue weighted by molar-refractivity contribution is 7.16. The highest BCUT2D eigenvalue weighted by Crippen LogP contribution is 2.51. The van der Waals surface area contributed by atoms with E-state index in [4.69, 9.17) is 4.98 Å². The normalized spacial score (nSPS) is 16.8. The number of nitrogens with zero attached hydrogens (tertiary/aromatic N) is 2. The molecule has 0 unspecified atom stereocenters. The maximum atomic E-state index is 11.3. The molecule has 0 atom stereocenters. The van der Waals surface area contributed by atoms with Crippen molar-refractivity contribution >= 4 is 33.8 Å². The van der Waals surface area contributed by atoms with Crippen molar-refractivity contribution in [2.75, 3.05) is 4.90 Å². The van der Waals surface area contributed by atoms with Crippen LogP contribution >= 0.6 is 11.3 Å². The molecule has 5 heteroatoms. The first-order chi connectivity index (χ1) is 13.7. The van der Waals surface area contributed by atoms with Gasteiger partial charge in [0.05, 0.1) is 11.3 Å². The van der Waals surface area contributed by atoms with Crippen LogP contribution in [0, 0.1) is 0 Å². The molecule has 0 saturated carbocycles. The quantitative estimate of drug-likeness (QED) is 0.526. The number of hydrogen-bond acceptors (Lipinski definition) is 4. The van der Waals surface area contributed by atoms with Gasteiger partial charge in [-0.05, 0) is 49.2 Å². The molecule has 0 aliphatic heterocycles. The van der Waals surface area contributed by atoms with Gasteiger partial charge >= 0.3 is 5.97 Å². The number of anilines is 3. The number of thiazole rings is 1. The molecule has 0 amide bonds. The van der Waals surface area contributed by atoms with Crippen molar-refractivity contribution in [3.8, 4) is 0 Å². The molecule has 1 aromatic heterocycles. The SMILES string of the molecule is CC1(C)CCC(C)(C)c2sc(N(c3ccccc3)c3ccc(C(=O)O)cc3)nc21. The Hall–Kier alpha value is -2.66. The number of benzene rings is 2. The van der Waals surface area contributed by atoms with E-state index < -0.39 is 5.97 Å². The van der Waals surface area contributed by atoms with Crippen LogP contribution in [0.1, 0.15) is 61.5 Å². The van der Waals surface area contributed by atoms with Crippen LogP contribution in [-0.4, -0.2) is 16.1 Å². The molecular weight excluding hydrogens is 380 g/mol. The number of carboxylic acid groups (broad SMARTS) is 1. The van der Waals surface area contributed by atoms with Gasteiger partial charge in [-0.15, -0.1) is 11.3 Å². The van der Waals surface area contributed by atoms with Gasteiger partial charge in [-0.25, -0.2) is 9.78 Å². The predicted molar refractivity (Wildman–Crippen MR) is 119 cm³/mol. The van der Waals surface area contributed by atoms with E-state index in [1.807, 2.05) is 30.3 Å². The van der Waals surface area contributed by atoms with E-state index in [9.17, 15) is 9.90 Å². The van der Waals surface area contributed by atoms with Crippen LogP contribution in [0.15, 0.2) is 54.6 Å². The summed E-state index contributed by atoms with van der Waals surface area (Å²) in [6.07, 6.45) is 2.27. The van der Waals surface area contributed by atoms with Crippen molar-refractivity contribution in [3.63, 3.8) is 0 Å². The summed E-state index contributed by atoms with van der Waals surface area (Å²) in [4.78, 5) is 19.9. The van der Waals surface area contributed by atoms with Crippen LogP contribution in [0.2, 0.25) is 0 Å². The summed E-state index contributed by atoms with van der Waals surface area (Å²) >= 11 is 1.75.